The van der Waals surface area contributed by atoms with Crippen LogP contribution in [0, 0.1) is 6.92 Å². The zero-order valence-corrected chi connectivity index (χ0v) is 15.8. The van der Waals surface area contributed by atoms with E-state index >= 15 is 0 Å². The minimum Gasteiger partial charge on any atom is -0.438 e. The van der Waals surface area contributed by atoms with Gasteiger partial charge in [-0.05, 0) is 61.5 Å². The second-order valence-corrected chi connectivity index (χ2v) is 6.73. The van der Waals surface area contributed by atoms with E-state index < -0.39 is 0 Å². The molecule has 3 aromatic carbocycles. The molecule has 0 aliphatic heterocycles. The molecule has 0 fully saturated rings. The summed E-state index contributed by atoms with van der Waals surface area (Å²) in [5.41, 5.74) is 3.04. The summed E-state index contributed by atoms with van der Waals surface area (Å²) in [6, 6.07) is 19.9. The molecule has 4 rings (SSSR count). The number of amides is 1. The molecule has 0 saturated heterocycles. The van der Waals surface area contributed by atoms with Crippen LogP contribution in [0.5, 0.6) is 11.6 Å². The van der Waals surface area contributed by atoms with Gasteiger partial charge in [0.1, 0.15) is 12.1 Å². The molecule has 5 nitrogen and oxygen atoms in total. The van der Waals surface area contributed by atoms with Crippen molar-refractivity contribution in [2.24, 2.45) is 0 Å². The normalized spacial score (nSPS) is 10.6. The number of nitrogens with one attached hydrogen (secondary N) is 1. The highest BCUT2D eigenvalue weighted by Gasteiger charge is 2.09. The van der Waals surface area contributed by atoms with Crippen molar-refractivity contribution < 1.29 is 9.53 Å². The van der Waals surface area contributed by atoms with Crippen molar-refractivity contribution in [1.82, 2.24) is 9.97 Å². The van der Waals surface area contributed by atoms with Gasteiger partial charge in [-0.1, -0.05) is 29.3 Å². The fourth-order valence-electron chi connectivity index (χ4n) is 2.79. The number of ether oxygens (including phenoxy) is 1. The van der Waals surface area contributed by atoms with Crippen LogP contribution in [0.4, 0.5) is 5.69 Å². The lowest BCUT2D eigenvalue weighted by molar-refractivity contribution is 0.102. The van der Waals surface area contributed by atoms with Crippen LogP contribution < -0.4 is 10.1 Å². The Labute approximate surface area is 167 Å². The number of fused-ring (bicyclic) bond motifs is 1. The number of carbonyl (C=O) groups excluding carboxylic acids is 1. The average Bonchev–Trinajstić information content (AvgIpc) is 2.69. The first-order valence-corrected chi connectivity index (χ1v) is 9.02. The van der Waals surface area contributed by atoms with Gasteiger partial charge in [0.05, 0.1) is 10.9 Å². The van der Waals surface area contributed by atoms with E-state index in [-0.39, 0.29) is 5.91 Å². The van der Waals surface area contributed by atoms with E-state index in [1.807, 2.05) is 31.2 Å². The van der Waals surface area contributed by atoms with Crippen LogP contribution in [0.3, 0.4) is 0 Å². The number of benzene rings is 3. The summed E-state index contributed by atoms with van der Waals surface area (Å²) in [7, 11) is 0. The van der Waals surface area contributed by atoms with Gasteiger partial charge in [0.15, 0.2) is 0 Å². The lowest BCUT2D eigenvalue weighted by Gasteiger charge is -2.09. The van der Waals surface area contributed by atoms with Crippen LogP contribution in [-0.2, 0) is 0 Å². The van der Waals surface area contributed by atoms with Gasteiger partial charge in [-0.3, -0.25) is 4.79 Å². The smallest absolute Gasteiger partial charge is 0.255 e. The van der Waals surface area contributed by atoms with Gasteiger partial charge < -0.3 is 10.1 Å². The van der Waals surface area contributed by atoms with E-state index in [2.05, 4.69) is 15.3 Å². The van der Waals surface area contributed by atoms with Crippen molar-refractivity contribution in [1.29, 1.82) is 0 Å². The molecule has 0 bridgehead atoms. The van der Waals surface area contributed by atoms with E-state index in [1.54, 1.807) is 42.5 Å². The Hall–Kier alpha value is -3.44. The minimum atomic E-state index is -0.156. The highest BCUT2D eigenvalue weighted by molar-refractivity contribution is 6.31. The predicted octanol–water partition coefficient (Wildman–Crippen LogP) is 5.64. The molecule has 0 aliphatic carbocycles. The molecule has 1 amide bonds. The van der Waals surface area contributed by atoms with E-state index in [1.165, 1.54) is 6.33 Å². The molecule has 0 radical (unpaired) electrons. The monoisotopic (exact) mass is 389 g/mol. The number of aryl methyl sites for hydroxylation is 1. The highest BCUT2D eigenvalue weighted by atomic mass is 35.5. The Balaban J connectivity index is 1.50. The van der Waals surface area contributed by atoms with Gasteiger partial charge >= 0.3 is 0 Å². The number of rotatable bonds is 4. The van der Waals surface area contributed by atoms with Crippen LogP contribution in [0.15, 0.2) is 73.1 Å². The molecule has 4 aromatic rings. The molecule has 1 N–H and O–H groups in total. The maximum Gasteiger partial charge on any atom is 0.255 e. The first kappa shape index (κ1) is 17.9. The molecular formula is C22H16ClN3O2. The zero-order valence-electron chi connectivity index (χ0n) is 15.0. The second-order valence-electron chi connectivity index (χ2n) is 6.29. The van der Waals surface area contributed by atoms with Crippen LogP contribution >= 0.6 is 11.6 Å². The number of nitrogens with zero attached hydrogens (tertiary/aromatic N) is 2. The molecule has 0 spiro atoms. The first-order chi connectivity index (χ1) is 13.6. The number of hydrogen-bond acceptors (Lipinski definition) is 4. The Morgan fingerprint density at radius 2 is 1.82 bits per heavy atom. The number of carbonyl (C=O) groups is 1. The minimum absolute atomic E-state index is 0.156. The van der Waals surface area contributed by atoms with Crippen LogP contribution in [0.2, 0.25) is 5.02 Å². The highest BCUT2D eigenvalue weighted by Crippen LogP contribution is 2.28. The van der Waals surface area contributed by atoms with Gasteiger partial charge in [0.25, 0.3) is 5.91 Å². The van der Waals surface area contributed by atoms with Gasteiger partial charge in [0, 0.05) is 16.3 Å². The largest absolute Gasteiger partial charge is 0.438 e. The van der Waals surface area contributed by atoms with Gasteiger partial charge in [-0.25, -0.2) is 9.97 Å². The molecule has 138 valence electrons. The summed E-state index contributed by atoms with van der Waals surface area (Å²) < 4.78 is 5.88. The van der Waals surface area contributed by atoms with Crippen LogP contribution in [-0.4, -0.2) is 15.9 Å². The van der Waals surface area contributed by atoms with Crippen molar-refractivity contribution >= 4 is 34.1 Å². The standard InChI is InChI=1S/C22H16ClN3O2/c1-14-3-2-4-15(11-14)21(27)26-17-6-8-18(9-7-17)28-22-19-10-5-16(23)12-20(19)24-13-25-22/h2-13H,1H3,(H,26,27). The quantitative estimate of drug-likeness (QED) is 0.490. The Morgan fingerprint density at radius 3 is 2.61 bits per heavy atom. The molecule has 1 heterocycles. The fraction of sp³-hybridized carbons (Fsp3) is 0.0455. The first-order valence-electron chi connectivity index (χ1n) is 8.65. The summed E-state index contributed by atoms with van der Waals surface area (Å²) in [6.07, 6.45) is 1.43. The summed E-state index contributed by atoms with van der Waals surface area (Å²) >= 11 is 6.01. The number of hydrogen-bond donors (Lipinski definition) is 1. The van der Waals surface area contributed by atoms with Gasteiger partial charge in [-0.15, -0.1) is 0 Å². The maximum atomic E-state index is 12.3. The van der Waals surface area contributed by atoms with E-state index in [0.29, 0.717) is 33.4 Å². The second kappa shape index (κ2) is 7.66. The molecule has 1 aromatic heterocycles. The topological polar surface area (TPSA) is 64.1 Å². The van der Waals surface area contributed by atoms with E-state index in [4.69, 9.17) is 16.3 Å². The van der Waals surface area contributed by atoms with Crippen molar-refractivity contribution in [3.05, 3.63) is 89.2 Å². The molecule has 28 heavy (non-hydrogen) atoms. The summed E-state index contributed by atoms with van der Waals surface area (Å²) in [5, 5.41) is 4.25. The Bertz CT molecular complexity index is 1160. The van der Waals surface area contributed by atoms with Crippen molar-refractivity contribution in [2.75, 3.05) is 5.32 Å². The zero-order chi connectivity index (χ0) is 19.5. The number of halogens is 1. The lowest BCUT2D eigenvalue weighted by Crippen LogP contribution is -2.11. The summed E-state index contributed by atoms with van der Waals surface area (Å²) in [5.74, 6) is 0.887. The van der Waals surface area contributed by atoms with Crippen molar-refractivity contribution in [3.63, 3.8) is 0 Å². The van der Waals surface area contributed by atoms with E-state index in [0.717, 1.165) is 10.9 Å². The number of anilines is 1. The fourth-order valence-corrected chi connectivity index (χ4v) is 2.96. The molecule has 0 aliphatic rings. The Kier molecular flexibility index (Phi) is 4.91. The maximum absolute atomic E-state index is 12.3. The van der Waals surface area contributed by atoms with Crippen LogP contribution in [0.25, 0.3) is 10.9 Å². The van der Waals surface area contributed by atoms with Crippen molar-refractivity contribution in [2.45, 2.75) is 6.92 Å². The van der Waals surface area contributed by atoms with Crippen molar-refractivity contribution in [3.8, 4) is 11.6 Å². The third-order valence-corrected chi connectivity index (χ3v) is 4.40. The molecular weight excluding hydrogens is 374 g/mol. The third-order valence-electron chi connectivity index (χ3n) is 4.17. The number of aromatic nitrogens is 2. The molecule has 0 saturated carbocycles. The summed E-state index contributed by atoms with van der Waals surface area (Å²) in [4.78, 5) is 20.8. The Morgan fingerprint density at radius 1 is 1.00 bits per heavy atom. The SMILES string of the molecule is Cc1cccc(C(=O)Nc2ccc(Oc3ncnc4cc(Cl)ccc34)cc2)c1. The third kappa shape index (κ3) is 3.94. The lowest BCUT2D eigenvalue weighted by atomic mass is 10.1. The summed E-state index contributed by atoms with van der Waals surface area (Å²) in [6.45, 7) is 1.95. The molecule has 6 heteroatoms. The van der Waals surface area contributed by atoms with E-state index in [9.17, 15) is 4.79 Å². The van der Waals surface area contributed by atoms with Crippen LogP contribution in [0.1, 0.15) is 15.9 Å². The van der Waals surface area contributed by atoms with Gasteiger partial charge in [0.2, 0.25) is 5.88 Å². The molecule has 0 atom stereocenters. The molecule has 0 unspecified atom stereocenters. The van der Waals surface area contributed by atoms with Gasteiger partial charge in [-0.2, -0.15) is 0 Å². The predicted molar refractivity (Wildman–Crippen MR) is 110 cm³/mol. The average molecular weight is 390 g/mol.